The first-order valence-corrected chi connectivity index (χ1v) is 5.57. The zero-order valence-corrected chi connectivity index (χ0v) is 9.80. The molecule has 0 aromatic rings. The van der Waals surface area contributed by atoms with Gasteiger partial charge in [-0.1, -0.05) is 13.8 Å². The summed E-state index contributed by atoms with van der Waals surface area (Å²) in [6.45, 7) is 7.90. The van der Waals surface area contributed by atoms with Crippen LogP contribution in [0.2, 0.25) is 0 Å². The summed E-state index contributed by atoms with van der Waals surface area (Å²) in [6, 6.07) is -0.225. The van der Waals surface area contributed by atoms with E-state index in [0.29, 0.717) is 5.25 Å². The Labute approximate surface area is 88.8 Å². The number of imide groups is 1. The molecule has 1 heterocycles. The van der Waals surface area contributed by atoms with Crippen LogP contribution in [-0.2, 0) is 4.79 Å². The standard InChI is InChI=1S/C9H16N2O2S/c1-6(2)11-8(12)5-10(9(11)13)14-7(3)4/h6-7H,5H2,1-4H3. The topological polar surface area (TPSA) is 40.6 Å². The van der Waals surface area contributed by atoms with Crippen LogP contribution in [0.5, 0.6) is 0 Å². The summed E-state index contributed by atoms with van der Waals surface area (Å²) in [5.41, 5.74) is 0. The fraction of sp³-hybridized carbons (Fsp3) is 0.778. The van der Waals surface area contributed by atoms with Gasteiger partial charge in [-0.05, 0) is 25.8 Å². The Balaban J connectivity index is 2.69. The van der Waals surface area contributed by atoms with E-state index in [4.69, 9.17) is 0 Å². The number of amides is 3. The molecule has 0 atom stereocenters. The van der Waals surface area contributed by atoms with Gasteiger partial charge in [0.05, 0.1) is 0 Å². The van der Waals surface area contributed by atoms with Gasteiger partial charge >= 0.3 is 6.03 Å². The molecule has 0 aromatic heterocycles. The van der Waals surface area contributed by atoms with E-state index >= 15 is 0 Å². The van der Waals surface area contributed by atoms with E-state index in [1.165, 1.54) is 21.2 Å². The van der Waals surface area contributed by atoms with Crippen LogP contribution >= 0.6 is 11.9 Å². The highest BCUT2D eigenvalue weighted by molar-refractivity contribution is 7.98. The van der Waals surface area contributed by atoms with Crippen LogP contribution in [0.1, 0.15) is 27.7 Å². The maximum Gasteiger partial charge on any atom is 0.337 e. The molecule has 80 valence electrons. The van der Waals surface area contributed by atoms with E-state index in [0.717, 1.165) is 0 Å². The van der Waals surface area contributed by atoms with Crippen molar-refractivity contribution in [2.24, 2.45) is 0 Å². The van der Waals surface area contributed by atoms with Gasteiger partial charge in [0.1, 0.15) is 6.54 Å². The Bertz CT molecular complexity index is 253. The number of carbonyl (C=O) groups excluding carboxylic acids is 2. The molecule has 0 N–H and O–H groups in total. The number of nitrogens with zero attached hydrogens (tertiary/aromatic N) is 2. The molecule has 1 rings (SSSR count). The molecule has 5 heteroatoms. The molecule has 0 aromatic carbocycles. The number of rotatable bonds is 3. The van der Waals surface area contributed by atoms with E-state index in [9.17, 15) is 9.59 Å². The van der Waals surface area contributed by atoms with Crippen molar-refractivity contribution >= 4 is 23.9 Å². The lowest BCUT2D eigenvalue weighted by molar-refractivity contribution is -0.126. The summed E-state index contributed by atoms with van der Waals surface area (Å²) in [5.74, 6) is -0.0989. The van der Waals surface area contributed by atoms with E-state index < -0.39 is 0 Å². The average Bonchev–Trinajstić information content (AvgIpc) is 2.25. The molecular weight excluding hydrogens is 200 g/mol. The van der Waals surface area contributed by atoms with Crippen LogP contribution in [0.3, 0.4) is 0 Å². The first kappa shape index (κ1) is 11.4. The Morgan fingerprint density at radius 2 is 1.79 bits per heavy atom. The molecule has 0 saturated carbocycles. The Hall–Kier alpha value is -0.710. The van der Waals surface area contributed by atoms with Gasteiger partial charge < -0.3 is 0 Å². The fourth-order valence-corrected chi connectivity index (χ4v) is 2.21. The molecule has 1 aliphatic heterocycles. The van der Waals surface area contributed by atoms with Crippen molar-refractivity contribution in [3.05, 3.63) is 0 Å². The van der Waals surface area contributed by atoms with E-state index in [2.05, 4.69) is 0 Å². The van der Waals surface area contributed by atoms with Crippen molar-refractivity contribution in [2.75, 3.05) is 6.54 Å². The highest BCUT2D eigenvalue weighted by atomic mass is 32.2. The van der Waals surface area contributed by atoms with Crippen LogP contribution in [-0.4, -0.2) is 39.0 Å². The van der Waals surface area contributed by atoms with Gasteiger partial charge in [-0.3, -0.25) is 14.0 Å². The highest BCUT2D eigenvalue weighted by Crippen LogP contribution is 2.24. The van der Waals surface area contributed by atoms with Crippen molar-refractivity contribution in [3.63, 3.8) is 0 Å². The van der Waals surface area contributed by atoms with Crippen LogP contribution < -0.4 is 0 Å². The van der Waals surface area contributed by atoms with Crippen LogP contribution in [0.25, 0.3) is 0 Å². The zero-order chi connectivity index (χ0) is 10.9. The lowest BCUT2D eigenvalue weighted by Crippen LogP contribution is -2.37. The van der Waals surface area contributed by atoms with Gasteiger partial charge in [0.15, 0.2) is 0 Å². The summed E-state index contributed by atoms with van der Waals surface area (Å²) in [5, 5.41) is 0.318. The van der Waals surface area contributed by atoms with Gasteiger partial charge in [0.25, 0.3) is 5.91 Å². The monoisotopic (exact) mass is 216 g/mol. The van der Waals surface area contributed by atoms with Gasteiger partial charge in [0.2, 0.25) is 0 Å². The third-order valence-corrected chi connectivity index (χ3v) is 2.78. The molecule has 1 fully saturated rings. The molecule has 0 radical (unpaired) electrons. The number of hydrogen-bond donors (Lipinski definition) is 0. The van der Waals surface area contributed by atoms with Crippen LogP contribution in [0, 0.1) is 0 Å². The van der Waals surface area contributed by atoms with Gasteiger partial charge in [0, 0.05) is 11.3 Å². The minimum Gasteiger partial charge on any atom is -0.272 e. The summed E-state index contributed by atoms with van der Waals surface area (Å²) >= 11 is 1.42. The lowest BCUT2D eigenvalue weighted by Gasteiger charge is -2.19. The van der Waals surface area contributed by atoms with E-state index in [-0.39, 0.29) is 24.5 Å². The molecule has 1 aliphatic rings. The van der Waals surface area contributed by atoms with Crippen LogP contribution in [0.15, 0.2) is 0 Å². The normalized spacial score (nSPS) is 17.9. The van der Waals surface area contributed by atoms with Gasteiger partial charge in [-0.2, -0.15) is 0 Å². The predicted octanol–water partition coefficient (Wildman–Crippen LogP) is 1.72. The second-order valence-electron chi connectivity index (χ2n) is 3.83. The van der Waals surface area contributed by atoms with Crippen molar-refractivity contribution in [2.45, 2.75) is 39.0 Å². The molecule has 1 saturated heterocycles. The van der Waals surface area contributed by atoms with Crippen LogP contribution in [0.4, 0.5) is 4.79 Å². The van der Waals surface area contributed by atoms with E-state index in [1.807, 2.05) is 27.7 Å². The molecule has 3 amide bonds. The zero-order valence-electron chi connectivity index (χ0n) is 8.98. The number of carbonyl (C=O) groups is 2. The van der Waals surface area contributed by atoms with Gasteiger partial charge in [-0.15, -0.1) is 0 Å². The SMILES string of the molecule is CC(C)SN1CC(=O)N(C(C)C)C1=O. The van der Waals surface area contributed by atoms with Gasteiger partial charge in [-0.25, -0.2) is 4.79 Å². The van der Waals surface area contributed by atoms with Crippen molar-refractivity contribution in [1.29, 1.82) is 0 Å². The number of urea groups is 1. The minimum atomic E-state index is -0.177. The Morgan fingerprint density at radius 1 is 1.21 bits per heavy atom. The summed E-state index contributed by atoms with van der Waals surface area (Å²) in [4.78, 5) is 24.5. The predicted molar refractivity (Wildman–Crippen MR) is 56.8 cm³/mol. The highest BCUT2D eigenvalue weighted by Gasteiger charge is 2.38. The van der Waals surface area contributed by atoms with Crippen molar-refractivity contribution in [3.8, 4) is 0 Å². The molecule has 0 spiro atoms. The average molecular weight is 216 g/mol. The smallest absolute Gasteiger partial charge is 0.272 e. The number of hydrogen-bond acceptors (Lipinski definition) is 3. The third kappa shape index (κ3) is 2.20. The van der Waals surface area contributed by atoms with Crippen molar-refractivity contribution in [1.82, 2.24) is 9.21 Å². The largest absolute Gasteiger partial charge is 0.337 e. The first-order valence-electron chi connectivity index (χ1n) is 4.73. The fourth-order valence-electron chi connectivity index (χ4n) is 1.34. The Kier molecular flexibility index (Phi) is 3.42. The summed E-state index contributed by atoms with van der Waals surface area (Å²) in [6.07, 6.45) is 0. The van der Waals surface area contributed by atoms with E-state index in [1.54, 1.807) is 0 Å². The molecular formula is C9H16N2O2S. The second-order valence-corrected chi connectivity index (χ2v) is 5.43. The Morgan fingerprint density at radius 3 is 2.14 bits per heavy atom. The molecule has 0 bridgehead atoms. The third-order valence-electron chi connectivity index (χ3n) is 1.82. The summed E-state index contributed by atoms with van der Waals surface area (Å²) < 4.78 is 1.53. The molecule has 14 heavy (non-hydrogen) atoms. The first-order chi connectivity index (χ1) is 6.43. The maximum atomic E-state index is 11.7. The molecule has 4 nitrogen and oxygen atoms in total. The minimum absolute atomic E-state index is 0.0484. The second kappa shape index (κ2) is 4.21. The summed E-state index contributed by atoms with van der Waals surface area (Å²) in [7, 11) is 0. The molecule has 0 unspecified atom stereocenters. The molecule has 0 aliphatic carbocycles. The lowest BCUT2D eigenvalue weighted by atomic mass is 10.3. The van der Waals surface area contributed by atoms with Crippen molar-refractivity contribution < 1.29 is 9.59 Å². The quantitative estimate of drug-likeness (QED) is 0.532. The maximum absolute atomic E-state index is 11.7.